The van der Waals surface area contributed by atoms with Gasteiger partial charge in [0.25, 0.3) is 5.91 Å². The molecular weight excluding hydrogens is 347 g/mol. The normalized spacial score (nSPS) is 19.4. The second-order valence-electron chi connectivity index (χ2n) is 7.50. The molecule has 0 unspecified atom stereocenters. The second-order valence-corrected chi connectivity index (χ2v) is 7.50. The van der Waals surface area contributed by atoms with E-state index in [-0.39, 0.29) is 23.7 Å². The van der Waals surface area contributed by atoms with Gasteiger partial charge in [-0.2, -0.15) is 0 Å². The molecule has 6 heteroatoms. The molecule has 1 aromatic heterocycles. The molecule has 1 aromatic carbocycles. The van der Waals surface area contributed by atoms with Gasteiger partial charge in [0, 0.05) is 19.1 Å². The summed E-state index contributed by atoms with van der Waals surface area (Å²) in [6.45, 7) is 1.20. The number of likely N-dealkylation sites (tertiary alicyclic amines) is 1. The fourth-order valence-electron chi connectivity index (χ4n) is 4.08. The molecule has 0 atom stereocenters. The van der Waals surface area contributed by atoms with Gasteiger partial charge in [-0.15, -0.1) is 0 Å². The average molecular weight is 370 g/mol. The van der Waals surface area contributed by atoms with Crippen molar-refractivity contribution < 1.29 is 18.4 Å². The van der Waals surface area contributed by atoms with Gasteiger partial charge >= 0.3 is 0 Å². The van der Waals surface area contributed by atoms with Crippen LogP contribution in [-0.4, -0.2) is 35.8 Å². The molecule has 2 heterocycles. The molecule has 1 saturated heterocycles. The summed E-state index contributed by atoms with van der Waals surface area (Å²) in [6.07, 6.45) is 6.85. The third kappa shape index (κ3) is 3.36. The highest BCUT2D eigenvalue weighted by Gasteiger charge is 2.46. The minimum Gasteiger partial charge on any atom is -0.472 e. The highest BCUT2D eigenvalue weighted by Crippen LogP contribution is 2.44. The molecule has 142 valence electrons. The summed E-state index contributed by atoms with van der Waals surface area (Å²) in [5.74, 6) is -0.361. The van der Waals surface area contributed by atoms with Crippen LogP contribution in [0, 0.1) is 5.82 Å². The van der Waals surface area contributed by atoms with Gasteiger partial charge in [0.2, 0.25) is 5.91 Å². The Morgan fingerprint density at radius 3 is 2.56 bits per heavy atom. The van der Waals surface area contributed by atoms with Gasteiger partial charge in [-0.25, -0.2) is 4.39 Å². The number of halogens is 1. The summed E-state index contributed by atoms with van der Waals surface area (Å²) in [7, 11) is 0. The van der Waals surface area contributed by atoms with Crippen LogP contribution < -0.4 is 5.32 Å². The smallest absolute Gasteiger partial charge is 0.257 e. The van der Waals surface area contributed by atoms with E-state index in [1.807, 2.05) is 6.07 Å². The summed E-state index contributed by atoms with van der Waals surface area (Å²) in [6, 6.07) is 8.09. The Balaban J connectivity index is 1.37. The van der Waals surface area contributed by atoms with Gasteiger partial charge in [0.1, 0.15) is 12.1 Å². The first-order valence-corrected chi connectivity index (χ1v) is 9.47. The van der Waals surface area contributed by atoms with Crippen molar-refractivity contribution in [2.75, 3.05) is 13.1 Å². The molecule has 1 aliphatic heterocycles. The number of hydrogen-bond acceptors (Lipinski definition) is 3. The average Bonchev–Trinajstić information content (AvgIpc) is 3.15. The van der Waals surface area contributed by atoms with Crippen LogP contribution in [0.15, 0.2) is 47.3 Å². The Morgan fingerprint density at radius 2 is 1.96 bits per heavy atom. The fourth-order valence-corrected chi connectivity index (χ4v) is 4.08. The number of amides is 2. The summed E-state index contributed by atoms with van der Waals surface area (Å²) >= 11 is 0. The van der Waals surface area contributed by atoms with Crippen LogP contribution in [0.5, 0.6) is 0 Å². The van der Waals surface area contributed by atoms with Gasteiger partial charge in [0.05, 0.1) is 17.2 Å². The predicted molar refractivity (Wildman–Crippen MR) is 97.7 cm³/mol. The molecule has 2 aliphatic rings. The Morgan fingerprint density at radius 1 is 1.19 bits per heavy atom. The van der Waals surface area contributed by atoms with Crippen molar-refractivity contribution >= 4 is 11.8 Å². The number of benzene rings is 1. The third-order valence-electron chi connectivity index (χ3n) is 5.90. The maximum atomic E-state index is 13.6. The number of nitrogens with zero attached hydrogens (tertiary/aromatic N) is 1. The molecular formula is C21H23FN2O3. The topological polar surface area (TPSA) is 62.6 Å². The molecule has 2 amide bonds. The van der Waals surface area contributed by atoms with E-state index in [9.17, 15) is 14.0 Å². The standard InChI is InChI=1S/C21H23FN2O3/c22-17-4-1-3-16(13-17)21(8-2-9-21)20(26)23-18-5-10-24(11-6-18)19(25)15-7-12-27-14-15/h1,3-4,7,12-14,18H,2,5-6,8-11H2,(H,23,26). The number of nitrogens with one attached hydrogen (secondary N) is 1. The van der Waals surface area contributed by atoms with Crippen LogP contribution in [0.25, 0.3) is 0 Å². The Labute approximate surface area is 157 Å². The van der Waals surface area contributed by atoms with E-state index < -0.39 is 5.41 Å². The molecule has 0 bridgehead atoms. The van der Waals surface area contributed by atoms with E-state index in [2.05, 4.69) is 5.32 Å². The molecule has 4 rings (SSSR count). The number of carbonyl (C=O) groups excluding carboxylic acids is 2. The molecule has 0 radical (unpaired) electrons. The highest BCUT2D eigenvalue weighted by molar-refractivity contribution is 5.94. The summed E-state index contributed by atoms with van der Waals surface area (Å²) < 4.78 is 18.6. The van der Waals surface area contributed by atoms with E-state index in [1.54, 1.807) is 17.0 Å². The van der Waals surface area contributed by atoms with E-state index in [4.69, 9.17) is 4.42 Å². The van der Waals surface area contributed by atoms with Crippen LogP contribution in [0.4, 0.5) is 4.39 Å². The Hall–Kier alpha value is -2.63. The second kappa shape index (κ2) is 7.18. The van der Waals surface area contributed by atoms with Crippen molar-refractivity contribution in [3.8, 4) is 0 Å². The number of furan rings is 1. The maximum Gasteiger partial charge on any atom is 0.257 e. The first-order chi connectivity index (χ1) is 13.1. The zero-order valence-electron chi connectivity index (χ0n) is 15.1. The van der Waals surface area contributed by atoms with Crippen molar-refractivity contribution in [3.63, 3.8) is 0 Å². The first kappa shape index (κ1) is 17.8. The van der Waals surface area contributed by atoms with Gasteiger partial charge in [0.15, 0.2) is 0 Å². The van der Waals surface area contributed by atoms with Crippen molar-refractivity contribution in [2.24, 2.45) is 0 Å². The van der Waals surface area contributed by atoms with Gasteiger partial charge in [-0.3, -0.25) is 9.59 Å². The lowest BCUT2D eigenvalue weighted by atomic mass is 9.63. The largest absolute Gasteiger partial charge is 0.472 e. The van der Waals surface area contributed by atoms with Crippen LogP contribution >= 0.6 is 0 Å². The molecule has 1 saturated carbocycles. The van der Waals surface area contributed by atoms with E-state index in [1.165, 1.54) is 24.7 Å². The summed E-state index contributed by atoms with van der Waals surface area (Å²) in [5, 5.41) is 3.16. The van der Waals surface area contributed by atoms with Crippen molar-refractivity contribution in [1.82, 2.24) is 10.2 Å². The number of piperidine rings is 1. The Bertz CT molecular complexity index is 822. The molecule has 1 aliphatic carbocycles. The molecule has 2 fully saturated rings. The minimum absolute atomic E-state index is 0.0149. The lowest BCUT2D eigenvalue weighted by Gasteiger charge is -2.42. The quantitative estimate of drug-likeness (QED) is 0.899. The SMILES string of the molecule is O=C(c1ccoc1)N1CCC(NC(=O)C2(c3cccc(F)c3)CCC2)CC1. The first-order valence-electron chi connectivity index (χ1n) is 9.47. The van der Waals surface area contributed by atoms with E-state index in [0.717, 1.165) is 24.8 Å². The number of rotatable bonds is 4. The molecule has 27 heavy (non-hydrogen) atoms. The van der Waals surface area contributed by atoms with Crippen LogP contribution in [0.2, 0.25) is 0 Å². The van der Waals surface area contributed by atoms with Gasteiger partial charge < -0.3 is 14.6 Å². The van der Waals surface area contributed by atoms with Crippen LogP contribution in [0.1, 0.15) is 48.0 Å². The lowest BCUT2D eigenvalue weighted by Crippen LogP contribution is -2.54. The van der Waals surface area contributed by atoms with E-state index >= 15 is 0 Å². The van der Waals surface area contributed by atoms with Gasteiger partial charge in [-0.05, 0) is 49.4 Å². The lowest BCUT2D eigenvalue weighted by molar-refractivity contribution is -0.131. The minimum atomic E-state index is -0.605. The zero-order valence-corrected chi connectivity index (χ0v) is 15.1. The maximum absolute atomic E-state index is 13.6. The number of hydrogen-bond donors (Lipinski definition) is 1. The van der Waals surface area contributed by atoms with Crippen molar-refractivity contribution in [2.45, 2.75) is 43.6 Å². The van der Waals surface area contributed by atoms with Crippen molar-refractivity contribution in [3.05, 3.63) is 59.8 Å². The summed E-state index contributed by atoms with van der Waals surface area (Å²) in [4.78, 5) is 27.2. The van der Waals surface area contributed by atoms with Crippen LogP contribution in [-0.2, 0) is 10.2 Å². The van der Waals surface area contributed by atoms with E-state index in [0.29, 0.717) is 31.5 Å². The zero-order chi connectivity index (χ0) is 18.9. The third-order valence-corrected chi connectivity index (χ3v) is 5.90. The van der Waals surface area contributed by atoms with Crippen LogP contribution in [0.3, 0.4) is 0 Å². The monoisotopic (exact) mass is 370 g/mol. The van der Waals surface area contributed by atoms with Gasteiger partial charge in [-0.1, -0.05) is 18.6 Å². The molecule has 5 nitrogen and oxygen atoms in total. The highest BCUT2D eigenvalue weighted by atomic mass is 19.1. The molecule has 2 aromatic rings. The predicted octanol–water partition coefficient (Wildman–Crippen LogP) is 3.26. The number of carbonyl (C=O) groups is 2. The molecule has 1 N–H and O–H groups in total. The van der Waals surface area contributed by atoms with Crippen molar-refractivity contribution in [1.29, 1.82) is 0 Å². The fraction of sp³-hybridized carbons (Fsp3) is 0.429. The Kier molecular flexibility index (Phi) is 4.72. The molecule has 0 spiro atoms. The summed E-state index contributed by atoms with van der Waals surface area (Å²) in [5.41, 5.74) is 0.710.